The van der Waals surface area contributed by atoms with Crippen molar-refractivity contribution in [1.29, 1.82) is 0 Å². The van der Waals surface area contributed by atoms with Gasteiger partial charge in [0.25, 0.3) is 0 Å². The summed E-state index contributed by atoms with van der Waals surface area (Å²) >= 11 is 11.9. The molecular formula is C10H11Cl2NO. The fraction of sp³-hybridized carbons (Fsp3) is 0.400. The molecule has 2 rings (SSSR count). The Morgan fingerprint density at radius 3 is 2.86 bits per heavy atom. The Kier molecular flexibility index (Phi) is 2.60. The van der Waals surface area contributed by atoms with Crippen molar-refractivity contribution >= 4 is 28.9 Å². The standard InChI is InChI=1S/C10H11Cl2NO/c1-5-2-9(14)10-7(12)3-6(11)4-8(10)13-5/h3-5,9,13-14H,2H2,1H3. The summed E-state index contributed by atoms with van der Waals surface area (Å²) in [6.07, 6.45) is 0.181. The minimum atomic E-state index is -0.494. The number of aliphatic hydroxyl groups is 1. The summed E-state index contributed by atoms with van der Waals surface area (Å²) in [5.74, 6) is 0. The lowest BCUT2D eigenvalue weighted by Crippen LogP contribution is -2.25. The van der Waals surface area contributed by atoms with Crippen molar-refractivity contribution in [2.24, 2.45) is 0 Å². The van der Waals surface area contributed by atoms with Gasteiger partial charge < -0.3 is 10.4 Å². The molecule has 0 saturated carbocycles. The number of rotatable bonds is 0. The SMILES string of the molecule is CC1CC(O)c2c(Cl)cc(Cl)cc2N1. The number of hydrogen-bond donors (Lipinski definition) is 2. The van der Waals surface area contributed by atoms with E-state index in [1.165, 1.54) is 0 Å². The summed E-state index contributed by atoms with van der Waals surface area (Å²) in [7, 11) is 0. The van der Waals surface area contributed by atoms with Crippen LogP contribution in [0.4, 0.5) is 5.69 Å². The second-order valence-corrected chi connectivity index (χ2v) is 4.49. The molecule has 0 aliphatic carbocycles. The molecule has 1 heterocycles. The molecule has 1 aromatic carbocycles. The molecule has 4 heteroatoms. The Bertz CT molecular complexity index is 367. The summed E-state index contributed by atoms with van der Waals surface area (Å²) in [6, 6.07) is 3.69. The monoisotopic (exact) mass is 231 g/mol. The zero-order valence-electron chi connectivity index (χ0n) is 7.72. The van der Waals surface area contributed by atoms with Gasteiger partial charge in [0.1, 0.15) is 0 Å². The Morgan fingerprint density at radius 2 is 2.14 bits per heavy atom. The number of fused-ring (bicyclic) bond motifs is 1. The average molecular weight is 232 g/mol. The molecule has 0 spiro atoms. The van der Waals surface area contributed by atoms with E-state index in [1.54, 1.807) is 12.1 Å². The topological polar surface area (TPSA) is 32.3 Å². The molecule has 14 heavy (non-hydrogen) atoms. The second kappa shape index (κ2) is 3.61. The number of halogens is 2. The van der Waals surface area contributed by atoms with Crippen molar-refractivity contribution in [2.45, 2.75) is 25.5 Å². The van der Waals surface area contributed by atoms with Crippen LogP contribution in [0.3, 0.4) is 0 Å². The van der Waals surface area contributed by atoms with Gasteiger partial charge in [0.15, 0.2) is 0 Å². The minimum absolute atomic E-state index is 0.243. The van der Waals surface area contributed by atoms with Crippen LogP contribution in [0, 0.1) is 0 Å². The second-order valence-electron chi connectivity index (χ2n) is 3.65. The van der Waals surface area contributed by atoms with Crippen LogP contribution in [0.2, 0.25) is 10.0 Å². The molecule has 2 nitrogen and oxygen atoms in total. The van der Waals surface area contributed by atoms with Gasteiger partial charge in [-0.3, -0.25) is 0 Å². The molecule has 2 unspecified atom stereocenters. The first-order valence-electron chi connectivity index (χ1n) is 4.51. The maximum absolute atomic E-state index is 9.84. The van der Waals surface area contributed by atoms with Crippen molar-refractivity contribution in [3.63, 3.8) is 0 Å². The lowest BCUT2D eigenvalue weighted by atomic mass is 9.96. The van der Waals surface area contributed by atoms with Crippen LogP contribution in [0.5, 0.6) is 0 Å². The highest BCUT2D eigenvalue weighted by Crippen LogP contribution is 2.39. The van der Waals surface area contributed by atoms with E-state index in [4.69, 9.17) is 23.2 Å². The van der Waals surface area contributed by atoms with Crippen molar-refractivity contribution in [3.05, 3.63) is 27.7 Å². The Hall–Kier alpha value is -0.440. The maximum atomic E-state index is 9.84. The smallest absolute Gasteiger partial charge is 0.0844 e. The molecule has 2 N–H and O–H groups in total. The number of aliphatic hydroxyl groups excluding tert-OH is 1. The molecule has 0 fully saturated rings. The van der Waals surface area contributed by atoms with Crippen LogP contribution in [0.1, 0.15) is 25.0 Å². The number of hydrogen-bond acceptors (Lipinski definition) is 2. The summed E-state index contributed by atoms with van der Waals surface area (Å²) < 4.78 is 0. The molecular weight excluding hydrogens is 221 g/mol. The fourth-order valence-electron chi connectivity index (χ4n) is 1.82. The van der Waals surface area contributed by atoms with Crippen molar-refractivity contribution in [1.82, 2.24) is 0 Å². The molecule has 2 atom stereocenters. The number of benzene rings is 1. The number of nitrogens with one attached hydrogen (secondary N) is 1. The first kappa shape index (κ1) is 10.1. The van der Waals surface area contributed by atoms with Gasteiger partial charge in [0.2, 0.25) is 0 Å². The molecule has 1 aliphatic rings. The largest absolute Gasteiger partial charge is 0.388 e. The van der Waals surface area contributed by atoms with Gasteiger partial charge in [-0.05, 0) is 25.5 Å². The maximum Gasteiger partial charge on any atom is 0.0844 e. The van der Waals surface area contributed by atoms with Crippen LogP contribution in [0.15, 0.2) is 12.1 Å². The first-order valence-corrected chi connectivity index (χ1v) is 5.27. The van der Waals surface area contributed by atoms with Gasteiger partial charge in [-0.25, -0.2) is 0 Å². The minimum Gasteiger partial charge on any atom is -0.388 e. The van der Waals surface area contributed by atoms with Crippen molar-refractivity contribution in [2.75, 3.05) is 5.32 Å². The predicted molar refractivity (Wildman–Crippen MR) is 59.1 cm³/mol. The van der Waals surface area contributed by atoms with E-state index in [0.29, 0.717) is 16.5 Å². The van der Waals surface area contributed by atoms with E-state index in [9.17, 15) is 5.11 Å². The van der Waals surface area contributed by atoms with Crippen LogP contribution < -0.4 is 5.32 Å². The van der Waals surface area contributed by atoms with E-state index in [1.807, 2.05) is 6.92 Å². The van der Waals surface area contributed by atoms with Crippen LogP contribution in [0.25, 0.3) is 0 Å². The lowest BCUT2D eigenvalue weighted by Gasteiger charge is -2.29. The molecule has 0 aromatic heterocycles. The summed E-state index contributed by atoms with van der Waals surface area (Å²) in [4.78, 5) is 0. The fourth-order valence-corrected chi connectivity index (χ4v) is 2.44. The molecule has 0 radical (unpaired) electrons. The number of anilines is 1. The van der Waals surface area contributed by atoms with Gasteiger partial charge in [0, 0.05) is 27.3 Å². The highest BCUT2D eigenvalue weighted by atomic mass is 35.5. The predicted octanol–water partition coefficient (Wildman–Crippen LogP) is 3.23. The third-order valence-corrected chi connectivity index (χ3v) is 2.94. The summed E-state index contributed by atoms with van der Waals surface area (Å²) in [5, 5.41) is 14.2. The molecule has 0 bridgehead atoms. The summed E-state index contributed by atoms with van der Waals surface area (Å²) in [5.41, 5.74) is 1.60. The van der Waals surface area contributed by atoms with Crippen LogP contribution >= 0.6 is 23.2 Å². The Morgan fingerprint density at radius 1 is 1.43 bits per heavy atom. The van der Waals surface area contributed by atoms with Crippen LogP contribution in [-0.2, 0) is 0 Å². The Balaban J connectivity index is 2.53. The molecule has 0 amide bonds. The Labute approximate surface area is 92.8 Å². The van der Waals surface area contributed by atoms with Crippen molar-refractivity contribution < 1.29 is 5.11 Å². The average Bonchev–Trinajstić information content (AvgIpc) is 1.99. The van der Waals surface area contributed by atoms with E-state index in [0.717, 1.165) is 11.3 Å². The third-order valence-electron chi connectivity index (χ3n) is 2.41. The van der Waals surface area contributed by atoms with Crippen molar-refractivity contribution in [3.8, 4) is 0 Å². The molecule has 1 aromatic rings. The quantitative estimate of drug-likeness (QED) is 0.719. The van der Waals surface area contributed by atoms with E-state index in [-0.39, 0.29) is 6.04 Å². The van der Waals surface area contributed by atoms with Crippen LogP contribution in [-0.4, -0.2) is 11.1 Å². The van der Waals surface area contributed by atoms with E-state index < -0.39 is 6.10 Å². The third kappa shape index (κ3) is 1.70. The normalized spacial score (nSPS) is 25.4. The van der Waals surface area contributed by atoms with E-state index >= 15 is 0 Å². The highest BCUT2D eigenvalue weighted by Gasteiger charge is 2.24. The van der Waals surface area contributed by atoms with Gasteiger partial charge >= 0.3 is 0 Å². The van der Waals surface area contributed by atoms with Gasteiger partial charge in [-0.2, -0.15) is 0 Å². The van der Waals surface area contributed by atoms with Gasteiger partial charge in [0.05, 0.1) is 6.10 Å². The first-order chi connectivity index (χ1) is 6.58. The zero-order valence-corrected chi connectivity index (χ0v) is 9.23. The van der Waals surface area contributed by atoms with Gasteiger partial charge in [-0.15, -0.1) is 0 Å². The molecule has 0 saturated heterocycles. The summed E-state index contributed by atoms with van der Waals surface area (Å²) in [6.45, 7) is 2.01. The zero-order chi connectivity index (χ0) is 10.3. The van der Waals surface area contributed by atoms with Gasteiger partial charge in [-0.1, -0.05) is 23.2 Å². The van der Waals surface area contributed by atoms with E-state index in [2.05, 4.69) is 5.32 Å². The molecule has 1 aliphatic heterocycles. The highest BCUT2D eigenvalue weighted by molar-refractivity contribution is 6.35. The molecule has 76 valence electrons. The lowest BCUT2D eigenvalue weighted by molar-refractivity contribution is 0.158.